The van der Waals surface area contributed by atoms with Crippen LogP contribution in [-0.4, -0.2) is 28.0 Å². The van der Waals surface area contributed by atoms with E-state index in [4.69, 9.17) is 9.84 Å². The molecule has 2 aromatic rings. The predicted molar refractivity (Wildman–Crippen MR) is 97.8 cm³/mol. The Bertz CT molecular complexity index is 815. The lowest BCUT2D eigenvalue weighted by molar-refractivity contribution is -0.384. The second-order valence-corrected chi connectivity index (χ2v) is 6.16. The van der Waals surface area contributed by atoms with Crippen molar-refractivity contribution in [3.63, 3.8) is 0 Å². The number of carboxylic acid groups (broad SMARTS) is 1. The number of nitro benzene ring substituents is 1. The van der Waals surface area contributed by atoms with Crippen LogP contribution < -0.4 is 10.1 Å². The topological polar surface area (TPSA) is 119 Å². The van der Waals surface area contributed by atoms with E-state index in [0.717, 1.165) is 0 Å². The quantitative estimate of drug-likeness (QED) is 0.542. The number of hydrogen-bond donors (Lipinski definition) is 2. The summed E-state index contributed by atoms with van der Waals surface area (Å²) < 4.78 is 5.55. The van der Waals surface area contributed by atoms with E-state index in [-0.39, 0.29) is 23.8 Å². The first-order valence-corrected chi connectivity index (χ1v) is 8.30. The van der Waals surface area contributed by atoms with Crippen LogP contribution in [0.1, 0.15) is 42.2 Å². The van der Waals surface area contributed by atoms with Crippen LogP contribution in [0.15, 0.2) is 48.5 Å². The second-order valence-electron chi connectivity index (χ2n) is 6.16. The summed E-state index contributed by atoms with van der Waals surface area (Å²) >= 11 is 0. The summed E-state index contributed by atoms with van der Waals surface area (Å²) in [5, 5.41) is 22.5. The number of carboxylic acids is 1. The zero-order valence-electron chi connectivity index (χ0n) is 14.9. The van der Waals surface area contributed by atoms with Crippen molar-refractivity contribution in [2.45, 2.75) is 32.4 Å². The fourth-order valence-electron chi connectivity index (χ4n) is 2.45. The summed E-state index contributed by atoms with van der Waals surface area (Å²) in [6.07, 6.45) is -0.296. The number of carbonyl (C=O) groups excluding carboxylic acids is 1. The monoisotopic (exact) mass is 372 g/mol. The summed E-state index contributed by atoms with van der Waals surface area (Å²) in [4.78, 5) is 33.7. The van der Waals surface area contributed by atoms with E-state index in [1.165, 1.54) is 24.3 Å². The predicted octanol–water partition coefficient (Wildman–Crippen LogP) is 3.33. The number of amides is 1. The molecular weight excluding hydrogens is 352 g/mol. The number of rotatable bonds is 8. The molecule has 8 nitrogen and oxygen atoms in total. The Hall–Kier alpha value is -3.42. The van der Waals surface area contributed by atoms with E-state index < -0.39 is 22.8 Å². The molecule has 0 bridgehead atoms. The minimum absolute atomic E-state index is 0.00695. The Morgan fingerprint density at radius 1 is 1.11 bits per heavy atom. The van der Waals surface area contributed by atoms with Crippen LogP contribution in [0.3, 0.4) is 0 Å². The number of nitro groups is 1. The fraction of sp³-hybridized carbons (Fsp3) is 0.263. The highest BCUT2D eigenvalue weighted by Gasteiger charge is 2.19. The van der Waals surface area contributed by atoms with Gasteiger partial charge in [-0.25, -0.2) is 0 Å². The molecule has 0 saturated carbocycles. The first-order chi connectivity index (χ1) is 12.8. The molecule has 0 spiro atoms. The van der Waals surface area contributed by atoms with Gasteiger partial charge in [-0.1, -0.05) is 12.1 Å². The van der Waals surface area contributed by atoms with Gasteiger partial charge in [0, 0.05) is 17.7 Å². The van der Waals surface area contributed by atoms with Gasteiger partial charge >= 0.3 is 5.97 Å². The molecule has 0 unspecified atom stereocenters. The van der Waals surface area contributed by atoms with E-state index in [9.17, 15) is 19.7 Å². The maximum atomic E-state index is 12.4. The Balaban J connectivity index is 2.17. The van der Waals surface area contributed by atoms with Crippen molar-refractivity contribution in [1.82, 2.24) is 5.32 Å². The smallest absolute Gasteiger partial charge is 0.305 e. The lowest BCUT2D eigenvalue weighted by atomic mass is 10.0. The molecule has 0 aromatic heterocycles. The van der Waals surface area contributed by atoms with Crippen LogP contribution in [0, 0.1) is 10.1 Å². The number of nitrogens with one attached hydrogen (secondary N) is 1. The maximum absolute atomic E-state index is 12.4. The zero-order chi connectivity index (χ0) is 20.0. The Kier molecular flexibility index (Phi) is 6.48. The van der Waals surface area contributed by atoms with Gasteiger partial charge in [0.1, 0.15) is 5.75 Å². The van der Waals surface area contributed by atoms with Crippen molar-refractivity contribution >= 4 is 17.6 Å². The summed E-state index contributed by atoms with van der Waals surface area (Å²) in [6, 6.07) is 11.2. The highest BCUT2D eigenvalue weighted by Crippen LogP contribution is 2.22. The Labute approximate surface area is 155 Å². The highest BCUT2D eigenvalue weighted by molar-refractivity contribution is 5.94. The fourth-order valence-corrected chi connectivity index (χ4v) is 2.45. The number of carbonyl (C=O) groups is 2. The first kappa shape index (κ1) is 19.9. The van der Waals surface area contributed by atoms with Gasteiger partial charge in [0.25, 0.3) is 11.6 Å². The van der Waals surface area contributed by atoms with Crippen LogP contribution in [0.4, 0.5) is 5.69 Å². The summed E-state index contributed by atoms with van der Waals surface area (Å²) in [5.74, 6) is -0.935. The third kappa shape index (κ3) is 5.81. The van der Waals surface area contributed by atoms with E-state index in [2.05, 4.69) is 5.32 Å². The highest BCUT2D eigenvalue weighted by atomic mass is 16.6. The maximum Gasteiger partial charge on any atom is 0.305 e. The minimum Gasteiger partial charge on any atom is -0.491 e. The van der Waals surface area contributed by atoms with Crippen LogP contribution >= 0.6 is 0 Å². The molecule has 0 saturated heterocycles. The molecule has 8 heteroatoms. The molecule has 0 aliphatic carbocycles. The number of benzene rings is 2. The van der Waals surface area contributed by atoms with Crippen molar-refractivity contribution in [3.05, 3.63) is 69.8 Å². The van der Waals surface area contributed by atoms with Crippen LogP contribution in [0.2, 0.25) is 0 Å². The zero-order valence-corrected chi connectivity index (χ0v) is 14.9. The standard InChI is InChI=1S/C19H20N2O6/c1-12(2)27-16-9-5-13(6-10-16)17(11-18(22)23)20-19(24)14-3-7-15(8-4-14)21(25)26/h3-10,12,17H,11H2,1-2H3,(H,20,24)(H,22,23)/t17-/m1/s1. The lowest BCUT2D eigenvalue weighted by Crippen LogP contribution is -2.30. The molecule has 2 N–H and O–H groups in total. The normalized spacial score (nSPS) is 11.7. The van der Waals surface area contributed by atoms with Crippen LogP contribution in [-0.2, 0) is 4.79 Å². The summed E-state index contributed by atoms with van der Waals surface area (Å²) in [5.41, 5.74) is 0.689. The largest absolute Gasteiger partial charge is 0.491 e. The van der Waals surface area contributed by atoms with Gasteiger partial charge in [0.2, 0.25) is 0 Å². The molecule has 1 atom stereocenters. The molecular formula is C19H20N2O6. The number of non-ortho nitro benzene ring substituents is 1. The first-order valence-electron chi connectivity index (χ1n) is 8.30. The SMILES string of the molecule is CC(C)Oc1ccc([C@@H](CC(=O)O)NC(=O)c2ccc([N+](=O)[O-])cc2)cc1. The molecule has 2 aromatic carbocycles. The van der Waals surface area contributed by atoms with Gasteiger partial charge in [0.05, 0.1) is 23.5 Å². The second kappa shape index (κ2) is 8.79. The Morgan fingerprint density at radius 2 is 1.70 bits per heavy atom. The van der Waals surface area contributed by atoms with Crippen molar-refractivity contribution in [1.29, 1.82) is 0 Å². The summed E-state index contributed by atoms with van der Waals surface area (Å²) in [7, 11) is 0. The van der Waals surface area contributed by atoms with E-state index in [1.54, 1.807) is 24.3 Å². The molecule has 0 heterocycles. The van der Waals surface area contributed by atoms with E-state index in [1.807, 2.05) is 13.8 Å². The molecule has 142 valence electrons. The molecule has 2 rings (SSSR count). The number of hydrogen-bond acceptors (Lipinski definition) is 5. The van der Waals surface area contributed by atoms with Crippen molar-refractivity contribution < 1.29 is 24.4 Å². The van der Waals surface area contributed by atoms with Crippen LogP contribution in [0.5, 0.6) is 5.75 Å². The van der Waals surface area contributed by atoms with Gasteiger partial charge in [0.15, 0.2) is 0 Å². The van der Waals surface area contributed by atoms with Gasteiger partial charge in [-0.05, 0) is 43.7 Å². The number of ether oxygens (including phenoxy) is 1. The molecule has 0 fully saturated rings. The third-order valence-corrected chi connectivity index (χ3v) is 3.68. The molecule has 0 radical (unpaired) electrons. The molecule has 0 aliphatic heterocycles. The molecule has 0 aliphatic rings. The van der Waals surface area contributed by atoms with Crippen molar-refractivity contribution in [2.75, 3.05) is 0 Å². The van der Waals surface area contributed by atoms with Gasteiger partial charge in [-0.3, -0.25) is 19.7 Å². The summed E-state index contributed by atoms with van der Waals surface area (Å²) in [6.45, 7) is 3.79. The van der Waals surface area contributed by atoms with Gasteiger partial charge < -0.3 is 15.2 Å². The van der Waals surface area contributed by atoms with E-state index >= 15 is 0 Å². The number of nitrogens with zero attached hydrogens (tertiary/aromatic N) is 1. The van der Waals surface area contributed by atoms with Gasteiger partial charge in [-0.2, -0.15) is 0 Å². The minimum atomic E-state index is -1.06. The Morgan fingerprint density at radius 3 is 2.19 bits per heavy atom. The molecule has 1 amide bonds. The van der Waals surface area contributed by atoms with Crippen molar-refractivity contribution in [3.8, 4) is 5.75 Å². The lowest BCUT2D eigenvalue weighted by Gasteiger charge is -2.18. The van der Waals surface area contributed by atoms with Crippen LogP contribution in [0.25, 0.3) is 0 Å². The van der Waals surface area contributed by atoms with Crippen molar-refractivity contribution in [2.24, 2.45) is 0 Å². The van der Waals surface area contributed by atoms with E-state index in [0.29, 0.717) is 11.3 Å². The third-order valence-electron chi connectivity index (χ3n) is 3.68. The average Bonchev–Trinajstić information content (AvgIpc) is 2.61. The average molecular weight is 372 g/mol. The molecule has 27 heavy (non-hydrogen) atoms. The van der Waals surface area contributed by atoms with Gasteiger partial charge in [-0.15, -0.1) is 0 Å². The number of aliphatic carboxylic acids is 1.